The van der Waals surface area contributed by atoms with Crippen molar-refractivity contribution >= 4 is 22.4 Å². The van der Waals surface area contributed by atoms with Gasteiger partial charge in [0.1, 0.15) is 5.82 Å². The first kappa shape index (κ1) is 15.1. The van der Waals surface area contributed by atoms with Crippen LogP contribution >= 0.6 is 11.3 Å². The molecule has 1 fully saturated rings. The van der Waals surface area contributed by atoms with Gasteiger partial charge in [0, 0.05) is 23.4 Å². The van der Waals surface area contributed by atoms with E-state index in [0.29, 0.717) is 22.8 Å². The number of hydrogen-bond donors (Lipinski definition) is 2. The third-order valence-electron chi connectivity index (χ3n) is 4.04. The maximum atomic E-state index is 13.2. The largest absolute Gasteiger partial charge is 0.327 e. The highest BCUT2D eigenvalue weighted by Crippen LogP contribution is 2.28. The average molecular weight is 319 g/mol. The quantitative estimate of drug-likeness (QED) is 0.907. The molecule has 0 saturated heterocycles. The number of nitrogens with zero attached hydrogens (tertiary/aromatic N) is 1. The van der Waals surface area contributed by atoms with Crippen LogP contribution in [0.3, 0.4) is 0 Å². The summed E-state index contributed by atoms with van der Waals surface area (Å²) in [5, 5.41) is 5.16. The van der Waals surface area contributed by atoms with Crippen LogP contribution in [0.1, 0.15) is 25.7 Å². The molecule has 2 aromatic rings. The number of rotatable bonds is 4. The van der Waals surface area contributed by atoms with E-state index in [2.05, 4.69) is 10.3 Å². The highest BCUT2D eigenvalue weighted by atomic mass is 32.1. The summed E-state index contributed by atoms with van der Waals surface area (Å²) in [4.78, 5) is 16.4. The van der Waals surface area contributed by atoms with Crippen molar-refractivity contribution in [1.29, 1.82) is 0 Å². The van der Waals surface area contributed by atoms with Gasteiger partial charge in [-0.15, -0.1) is 11.3 Å². The topological polar surface area (TPSA) is 68.0 Å². The molecule has 0 radical (unpaired) electrons. The lowest BCUT2D eigenvalue weighted by Crippen LogP contribution is -2.28. The second kappa shape index (κ2) is 6.54. The van der Waals surface area contributed by atoms with E-state index < -0.39 is 0 Å². The molecule has 1 aliphatic carbocycles. The summed E-state index contributed by atoms with van der Waals surface area (Å²) in [5.74, 6) is -0.0866. The number of carbonyl (C=O) groups is 1. The molecule has 3 rings (SSSR count). The number of amides is 1. The van der Waals surface area contributed by atoms with E-state index in [1.54, 1.807) is 12.1 Å². The zero-order chi connectivity index (χ0) is 15.5. The fraction of sp³-hybridized carbons (Fsp3) is 0.375. The lowest BCUT2D eigenvalue weighted by atomic mass is 10.00. The first-order valence-electron chi connectivity index (χ1n) is 7.39. The Bertz CT molecular complexity index is 673. The van der Waals surface area contributed by atoms with E-state index in [-0.39, 0.29) is 23.7 Å². The second-order valence-electron chi connectivity index (χ2n) is 5.66. The molecule has 1 saturated carbocycles. The molecule has 1 aliphatic rings. The van der Waals surface area contributed by atoms with Crippen molar-refractivity contribution < 1.29 is 9.18 Å². The number of benzene rings is 1. The fourth-order valence-electron chi connectivity index (χ4n) is 2.84. The van der Waals surface area contributed by atoms with Crippen LogP contribution in [0.4, 0.5) is 9.52 Å². The van der Waals surface area contributed by atoms with E-state index in [9.17, 15) is 9.18 Å². The average Bonchev–Trinajstić information content (AvgIpc) is 3.09. The van der Waals surface area contributed by atoms with Gasteiger partial charge in [-0.1, -0.05) is 18.6 Å². The third kappa shape index (κ3) is 3.51. The van der Waals surface area contributed by atoms with Gasteiger partial charge < -0.3 is 11.1 Å². The van der Waals surface area contributed by atoms with Crippen molar-refractivity contribution in [2.75, 3.05) is 5.32 Å². The molecule has 1 heterocycles. The standard InChI is InChI=1S/C16H18FN3OS/c17-12-5-1-4-11(7-12)14-9-22-16(19-14)20-15(21)8-10-3-2-6-13(10)18/h1,4-5,7,9-10,13H,2-3,6,8,18H2,(H,19,20,21)/t10-,13+/m0/s1. The Morgan fingerprint density at radius 3 is 3.05 bits per heavy atom. The summed E-state index contributed by atoms with van der Waals surface area (Å²) in [6, 6.07) is 6.39. The Hall–Kier alpha value is -1.79. The van der Waals surface area contributed by atoms with Crippen LogP contribution in [-0.2, 0) is 4.79 Å². The van der Waals surface area contributed by atoms with Crippen molar-refractivity contribution in [3.63, 3.8) is 0 Å². The van der Waals surface area contributed by atoms with Gasteiger partial charge in [0.05, 0.1) is 5.69 Å². The number of aromatic nitrogens is 1. The van der Waals surface area contributed by atoms with E-state index >= 15 is 0 Å². The lowest BCUT2D eigenvalue weighted by Gasteiger charge is -2.13. The van der Waals surface area contributed by atoms with Crippen LogP contribution in [-0.4, -0.2) is 16.9 Å². The monoisotopic (exact) mass is 319 g/mol. The zero-order valence-electron chi connectivity index (χ0n) is 12.1. The lowest BCUT2D eigenvalue weighted by molar-refractivity contribution is -0.117. The summed E-state index contributed by atoms with van der Waals surface area (Å²) >= 11 is 1.34. The second-order valence-corrected chi connectivity index (χ2v) is 6.51. The Kier molecular flexibility index (Phi) is 4.49. The Balaban J connectivity index is 1.63. The zero-order valence-corrected chi connectivity index (χ0v) is 12.9. The van der Waals surface area contributed by atoms with Crippen LogP contribution in [0, 0.1) is 11.7 Å². The molecule has 0 aliphatic heterocycles. The van der Waals surface area contributed by atoms with Crippen LogP contribution in [0.15, 0.2) is 29.6 Å². The molecule has 0 spiro atoms. The Morgan fingerprint density at radius 1 is 1.45 bits per heavy atom. The van der Waals surface area contributed by atoms with E-state index in [1.807, 2.05) is 5.38 Å². The Morgan fingerprint density at radius 2 is 2.32 bits per heavy atom. The van der Waals surface area contributed by atoms with Gasteiger partial charge in [-0.05, 0) is 30.9 Å². The highest BCUT2D eigenvalue weighted by molar-refractivity contribution is 7.14. The summed E-state index contributed by atoms with van der Waals surface area (Å²) in [6.07, 6.45) is 3.55. The first-order valence-corrected chi connectivity index (χ1v) is 8.26. The molecule has 0 unspecified atom stereocenters. The van der Waals surface area contributed by atoms with E-state index in [4.69, 9.17) is 5.73 Å². The SMILES string of the molecule is N[C@@H]1CCC[C@H]1CC(=O)Nc1nc(-c2cccc(F)c2)cs1. The first-order chi connectivity index (χ1) is 10.6. The number of nitrogens with two attached hydrogens (primary N) is 1. The van der Waals surface area contributed by atoms with Gasteiger partial charge in [-0.3, -0.25) is 4.79 Å². The summed E-state index contributed by atoms with van der Waals surface area (Å²) < 4.78 is 13.2. The maximum absolute atomic E-state index is 13.2. The van der Waals surface area contributed by atoms with Crippen LogP contribution in [0.25, 0.3) is 11.3 Å². The fourth-order valence-corrected chi connectivity index (χ4v) is 3.57. The molecule has 22 heavy (non-hydrogen) atoms. The predicted molar refractivity (Wildman–Crippen MR) is 86.1 cm³/mol. The molecule has 6 heteroatoms. The van der Waals surface area contributed by atoms with Crippen LogP contribution in [0.5, 0.6) is 0 Å². The predicted octanol–water partition coefficient (Wildman–Crippen LogP) is 3.41. The van der Waals surface area contributed by atoms with Gasteiger partial charge in [0.2, 0.25) is 5.91 Å². The molecule has 0 bridgehead atoms. The minimum absolute atomic E-state index is 0.0532. The molecule has 3 N–H and O–H groups in total. The van der Waals surface area contributed by atoms with Gasteiger partial charge in [0.25, 0.3) is 0 Å². The Labute approximate surface area is 132 Å². The molecule has 1 amide bonds. The number of hydrogen-bond acceptors (Lipinski definition) is 4. The number of anilines is 1. The van der Waals surface area contributed by atoms with Crippen LogP contribution < -0.4 is 11.1 Å². The maximum Gasteiger partial charge on any atom is 0.226 e. The van der Waals surface area contributed by atoms with Crippen molar-refractivity contribution in [3.05, 3.63) is 35.5 Å². The van der Waals surface area contributed by atoms with Crippen molar-refractivity contribution in [3.8, 4) is 11.3 Å². The van der Waals surface area contributed by atoms with Crippen molar-refractivity contribution in [2.45, 2.75) is 31.7 Å². The van der Waals surface area contributed by atoms with Gasteiger partial charge >= 0.3 is 0 Å². The van der Waals surface area contributed by atoms with E-state index in [1.165, 1.54) is 23.5 Å². The number of halogens is 1. The molecular formula is C16H18FN3OS. The number of nitrogens with one attached hydrogen (secondary N) is 1. The van der Waals surface area contributed by atoms with Crippen molar-refractivity contribution in [1.82, 2.24) is 4.98 Å². The highest BCUT2D eigenvalue weighted by Gasteiger charge is 2.26. The normalized spacial score (nSPS) is 21.0. The third-order valence-corrected chi connectivity index (χ3v) is 4.79. The van der Waals surface area contributed by atoms with Gasteiger partial charge in [-0.2, -0.15) is 0 Å². The molecular weight excluding hydrogens is 301 g/mol. The van der Waals surface area contributed by atoms with Gasteiger partial charge in [0.15, 0.2) is 5.13 Å². The minimum Gasteiger partial charge on any atom is -0.327 e. The van der Waals surface area contributed by atoms with Crippen molar-refractivity contribution in [2.24, 2.45) is 11.7 Å². The summed E-state index contributed by atoms with van der Waals surface area (Å²) in [6.45, 7) is 0. The number of carbonyl (C=O) groups excluding carboxylic acids is 1. The molecule has 1 aromatic heterocycles. The van der Waals surface area contributed by atoms with Crippen LogP contribution in [0.2, 0.25) is 0 Å². The summed E-state index contributed by atoms with van der Waals surface area (Å²) in [5.41, 5.74) is 7.35. The minimum atomic E-state index is -0.300. The van der Waals surface area contributed by atoms with E-state index in [0.717, 1.165) is 19.3 Å². The van der Waals surface area contributed by atoms with Gasteiger partial charge in [-0.25, -0.2) is 9.37 Å². The molecule has 116 valence electrons. The number of thiazole rings is 1. The summed E-state index contributed by atoms with van der Waals surface area (Å²) in [7, 11) is 0. The molecule has 4 nitrogen and oxygen atoms in total. The smallest absolute Gasteiger partial charge is 0.226 e. The molecule has 2 atom stereocenters. The molecule has 1 aromatic carbocycles.